The average molecular weight is 220 g/mol. The molecule has 88 valence electrons. The maximum atomic E-state index is 5.12. The Morgan fingerprint density at radius 2 is 1.94 bits per heavy atom. The highest BCUT2D eigenvalue weighted by Crippen LogP contribution is 2.17. The van der Waals surface area contributed by atoms with Crippen LogP contribution in [0.4, 0.5) is 0 Å². The van der Waals surface area contributed by atoms with E-state index >= 15 is 0 Å². The molecule has 1 saturated carbocycles. The molecule has 16 heavy (non-hydrogen) atoms. The van der Waals surface area contributed by atoms with Crippen molar-refractivity contribution >= 4 is 0 Å². The van der Waals surface area contributed by atoms with Gasteiger partial charge >= 0.3 is 0 Å². The van der Waals surface area contributed by atoms with E-state index in [1.165, 1.54) is 18.4 Å². The predicted octanol–water partition coefficient (Wildman–Crippen LogP) is 1.54. The van der Waals surface area contributed by atoms with Gasteiger partial charge in [-0.05, 0) is 30.5 Å². The zero-order chi connectivity index (χ0) is 11.2. The summed E-state index contributed by atoms with van der Waals surface area (Å²) in [5.74, 6) is 0.916. The van der Waals surface area contributed by atoms with Crippen molar-refractivity contribution in [3.05, 3.63) is 29.8 Å². The molecule has 0 unspecified atom stereocenters. The SMILES string of the molecule is COc1ccc(CNCCNC2CC2)cc1. The monoisotopic (exact) mass is 220 g/mol. The van der Waals surface area contributed by atoms with Crippen LogP contribution in [0.5, 0.6) is 5.75 Å². The molecule has 0 radical (unpaired) electrons. The van der Waals surface area contributed by atoms with E-state index in [4.69, 9.17) is 4.74 Å². The zero-order valence-corrected chi connectivity index (χ0v) is 9.83. The molecule has 0 bridgehead atoms. The molecule has 2 N–H and O–H groups in total. The first-order valence-corrected chi connectivity index (χ1v) is 5.95. The van der Waals surface area contributed by atoms with Crippen molar-refractivity contribution in [1.82, 2.24) is 10.6 Å². The van der Waals surface area contributed by atoms with Crippen molar-refractivity contribution in [2.24, 2.45) is 0 Å². The van der Waals surface area contributed by atoms with E-state index in [9.17, 15) is 0 Å². The van der Waals surface area contributed by atoms with Crippen LogP contribution >= 0.6 is 0 Å². The summed E-state index contributed by atoms with van der Waals surface area (Å²) in [4.78, 5) is 0. The Hall–Kier alpha value is -1.06. The molecule has 1 aromatic rings. The first kappa shape index (κ1) is 11.4. The minimum atomic E-state index is 0.808. The van der Waals surface area contributed by atoms with Gasteiger partial charge in [-0.2, -0.15) is 0 Å². The molecular weight excluding hydrogens is 200 g/mol. The molecule has 1 aromatic carbocycles. The van der Waals surface area contributed by atoms with Crippen LogP contribution in [0.2, 0.25) is 0 Å². The van der Waals surface area contributed by atoms with Crippen LogP contribution in [0.25, 0.3) is 0 Å². The van der Waals surface area contributed by atoms with Gasteiger partial charge in [0.1, 0.15) is 5.75 Å². The topological polar surface area (TPSA) is 33.3 Å². The Morgan fingerprint density at radius 3 is 2.56 bits per heavy atom. The van der Waals surface area contributed by atoms with Crippen LogP contribution in [0.15, 0.2) is 24.3 Å². The molecule has 0 saturated heterocycles. The lowest BCUT2D eigenvalue weighted by Crippen LogP contribution is -2.28. The van der Waals surface area contributed by atoms with Gasteiger partial charge < -0.3 is 15.4 Å². The van der Waals surface area contributed by atoms with Crippen molar-refractivity contribution in [3.8, 4) is 5.75 Å². The first-order chi connectivity index (χ1) is 7.88. The smallest absolute Gasteiger partial charge is 0.118 e. The summed E-state index contributed by atoms with van der Waals surface area (Å²) in [6.07, 6.45) is 2.72. The van der Waals surface area contributed by atoms with Crippen molar-refractivity contribution in [2.45, 2.75) is 25.4 Å². The number of hydrogen-bond donors (Lipinski definition) is 2. The highest BCUT2D eigenvalue weighted by molar-refractivity contribution is 5.26. The second-order valence-corrected chi connectivity index (χ2v) is 4.25. The Labute approximate surface area is 97.2 Å². The predicted molar refractivity (Wildman–Crippen MR) is 65.7 cm³/mol. The van der Waals surface area contributed by atoms with Crippen molar-refractivity contribution in [3.63, 3.8) is 0 Å². The fourth-order valence-electron chi connectivity index (χ4n) is 1.63. The summed E-state index contributed by atoms with van der Waals surface area (Å²) < 4.78 is 5.12. The van der Waals surface area contributed by atoms with Crippen LogP contribution in [0.3, 0.4) is 0 Å². The molecule has 3 heteroatoms. The van der Waals surface area contributed by atoms with Gasteiger partial charge in [-0.15, -0.1) is 0 Å². The summed E-state index contributed by atoms with van der Waals surface area (Å²) in [7, 11) is 1.69. The number of hydrogen-bond acceptors (Lipinski definition) is 3. The molecule has 3 nitrogen and oxygen atoms in total. The largest absolute Gasteiger partial charge is 0.497 e. The summed E-state index contributed by atoms with van der Waals surface area (Å²) >= 11 is 0. The van der Waals surface area contributed by atoms with Gasteiger partial charge in [0, 0.05) is 25.7 Å². The lowest BCUT2D eigenvalue weighted by molar-refractivity contribution is 0.414. The molecule has 0 atom stereocenters. The molecule has 0 heterocycles. The maximum Gasteiger partial charge on any atom is 0.118 e. The number of benzene rings is 1. The zero-order valence-electron chi connectivity index (χ0n) is 9.83. The average Bonchev–Trinajstić information content (AvgIpc) is 3.13. The lowest BCUT2D eigenvalue weighted by atomic mass is 10.2. The lowest BCUT2D eigenvalue weighted by Gasteiger charge is -2.06. The minimum absolute atomic E-state index is 0.808. The van der Waals surface area contributed by atoms with E-state index in [2.05, 4.69) is 22.8 Å². The fraction of sp³-hybridized carbons (Fsp3) is 0.538. The van der Waals surface area contributed by atoms with E-state index in [0.29, 0.717) is 0 Å². The highest BCUT2D eigenvalue weighted by Gasteiger charge is 2.19. The third-order valence-electron chi connectivity index (χ3n) is 2.80. The van der Waals surface area contributed by atoms with Crippen LogP contribution in [-0.2, 0) is 6.54 Å². The van der Waals surface area contributed by atoms with Crippen molar-refractivity contribution < 1.29 is 4.74 Å². The molecule has 0 spiro atoms. The van der Waals surface area contributed by atoms with E-state index in [1.54, 1.807) is 7.11 Å². The second-order valence-electron chi connectivity index (χ2n) is 4.25. The second kappa shape index (κ2) is 5.87. The van der Waals surface area contributed by atoms with E-state index in [-0.39, 0.29) is 0 Å². The van der Waals surface area contributed by atoms with Crippen molar-refractivity contribution in [1.29, 1.82) is 0 Å². The number of nitrogens with one attached hydrogen (secondary N) is 2. The van der Waals surface area contributed by atoms with Crippen LogP contribution in [0.1, 0.15) is 18.4 Å². The summed E-state index contributed by atoms with van der Waals surface area (Å²) in [6.45, 7) is 3.03. The highest BCUT2D eigenvalue weighted by atomic mass is 16.5. The fourth-order valence-corrected chi connectivity index (χ4v) is 1.63. The van der Waals surface area contributed by atoms with E-state index < -0.39 is 0 Å². The Bertz CT molecular complexity index is 306. The normalized spacial score (nSPS) is 15.1. The van der Waals surface area contributed by atoms with Gasteiger partial charge in [0.25, 0.3) is 0 Å². The van der Waals surface area contributed by atoms with Gasteiger partial charge in [0.2, 0.25) is 0 Å². The molecule has 1 fully saturated rings. The molecule has 2 rings (SSSR count). The molecule has 0 aromatic heterocycles. The summed E-state index contributed by atoms with van der Waals surface area (Å²) in [5, 5.41) is 6.90. The van der Waals surface area contributed by atoms with Gasteiger partial charge in [0.05, 0.1) is 7.11 Å². The molecule has 0 amide bonds. The third kappa shape index (κ3) is 3.83. The molecular formula is C13H20N2O. The quantitative estimate of drug-likeness (QED) is 0.684. The number of rotatable bonds is 7. The van der Waals surface area contributed by atoms with Gasteiger partial charge in [-0.3, -0.25) is 0 Å². The van der Waals surface area contributed by atoms with Gasteiger partial charge in [-0.1, -0.05) is 12.1 Å². The van der Waals surface area contributed by atoms with E-state index in [1.807, 2.05) is 12.1 Å². The number of ether oxygens (including phenoxy) is 1. The first-order valence-electron chi connectivity index (χ1n) is 5.95. The molecule has 1 aliphatic carbocycles. The van der Waals surface area contributed by atoms with E-state index in [0.717, 1.165) is 31.4 Å². The van der Waals surface area contributed by atoms with Crippen LogP contribution in [-0.4, -0.2) is 26.2 Å². The standard InChI is InChI=1S/C13H20N2O/c1-16-13-6-2-11(3-7-13)10-14-8-9-15-12-4-5-12/h2-3,6-7,12,14-15H,4-5,8-10H2,1H3. The molecule has 0 aliphatic heterocycles. The van der Waals surface area contributed by atoms with Crippen LogP contribution < -0.4 is 15.4 Å². The Kier molecular flexibility index (Phi) is 4.19. The third-order valence-corrected chi connectivity index (χ3v) is 2.80. The van der Waals surface area contributed by atoms with Crippen LogP contribution in [0, 0.1) is 0 Å². The Morgan fingerprint density at radius 1 is 1.19 bits per heavy atom. The summed E-state index contributed by atoms with van der Waals surface area (Å²) in [6, 6.07) is 9.00. The maximum absolute atomic E-state index is 5.12. The summed E-state index contributed by atoms with van der Waals surface area (Å²) in [5.41, 5.74) is 1.30. The molecule has 1 aliphatic rings. The van der Waals surface area contributed by atoms with Crippen molar-refractivity contribution in [2.75, 3.05) is 20.2 Å². The van der Waals surface area contributed by atoms with Gasteiger partial charge in [0.15, 0.2) is 0 Å². The Balaban J connectivity index is 1.60. The number of methoxy groups -OCH3 is 1. The van der Waals surface area contributed by atoms with Gasteiger partial charge in [-0.25, -0.2) is 0 Å². The minimum Gasteiger partial charge on any atom is -0.497 e.